The molecule has 10 heavy (non-hydrogen) atoms. The van der Waals surface area contributed by atoms with Crippen molar-refractivity contribution < 1.29 is 0 Å². The molecule has 62 valence electrons. The van der Waals surface area contributed by atoms with Gasteiger partial charge in [-0.25, -0.2) is 5.01 Å². The van der Waals surface area contributed by atoms with Crippen LogP contribution in [0.4, 0.5) is 0 Å². The molecule has 2 nitrogen and oxygen atoms in total. The molecule has 0 aliphatic carbocycles. The van der Waals surface area contributed by atoms with E-state index in [4.69, 9.17) is 0 Å². The molecule has 0 fully saturated rings. The average Bonchev–Trinajstić information content (AvgIpc) is 1.98. The summed E-state index contributed by atoms with van der Waals surface area (Å²) < 4.78 is 0. The Hall–Kier alpha value is -0.0800. The Balaban J connectivity index is 2.89. The van der Waals surface area contributed by atoms with E-state index in [1.807, 2.05) is 0 Å². The Morgan fingerprint density at radius 3 is 2.40 bits per heavy atom. The van der Waals surface area contributed by atoms with E-state index in [1.165, 1.54) is 19.3 Å². The van der Waals surface area contributed by atoms with Gasteiger partial charge in [0.25, 0.3) is 0 Å². The Morgan fingerprint density at radius 1 is 1.20 bits per heavy atom. The fraction of sp³-hybridized carbons (Fsp3) is 1.00. The van der Waals surface area contributed by atoms with Crippen LogP contribution in [0.2, 0.25) is 0 Å². The number of unbranched alkanes of at least 4 members (excludes halogenated alkanes) is 2. The summed E-state index contributed by atoms with van der Waals surface area (Å²) in [5, 5.41) is 2.12. The smallest absolute Gasteiger partial charge is 0.0102 e. The van der Waals surface area contributed by atoms with Gasteiger partial charge in [0.2, 0.25) is 0 Å². The van der Waals surface area contributed by atoms with Gasteiger partial charge < -0.3 is 0 Å². The highest BCUT2D eigenvalue weighted by atomic mass is 15.5. The molecule has 0 spiro atoms. The third-order valence-electron chi connectivity index (χ3n) is 1.64. The quantitative estimate of drug-likeness (QED) is 0.450. The van der Waals surface area contributed by atoms with Gasteiger partial charge in [0, 0.05) is 20.1 Å². The van der Waals surface area contributed by atoms with Crippen molar-refractivity contribution in [1.29, 1.82) is 0 Å². The van der Waals surface area contributed by atoms with Gasteiger partial charge in [0.05, 0.1) is 0 Å². The first-order valence-corrected chi connectivity index (χ1v) is 4.25. The Labute approximate surface area is 64.6 Å². The summed E-state index contributed by atoms with van der Waals surface area (Å²) in [6.45, 7) is 6.57. The maximum Gasteiger partial charge on any atom is 0.0102 e. The largest absolute Gasteiger partial charge is 0.255 e. The summed E-state index contributed by atoms with van der Waals surface area (Å²) in [6.07, 6.45) is 3.93. The molecule has 0 radical (unpaired) electrons. The topological polar surface area (TPSA) is 15.3 Å². The fourth-order valence-electron chi connectivity index (χ4n) is 0.757. The average molecular weight is 144 g/mol. The SMILES string of the molecule is CCCCCNN(C)CC. The van der Waals surface area contributed by atoms with Crippen molar-refractivity contribution >= 4 is 0 Å². The minimum atomic E-state index is 1.08. The predicted octanol–water partition coefficient (Wildman–Crippen LogP) is 1.63. The number of nitrogens with one attached hydrogen (secondary N) is 1. The van der Waals surface area contributed by atoms with E-state index in [2.05, 4.69) is 31.3 Å². The van der Waals surface area contributed by atoms with Crippen molar-refractivity contribution in [1.82, 2.24) is 10.4 Å². The molecule has 0 amide bonds. The highest BCUT2D eigenvalue weighted by Gasteiger charge is 1.90. The molecule has 0 saturated carbocycles. The lowest BCUT2D eigenvalue weighted by atomic mass is 10.2. The molecule has 0 rings (SSSR count). The zero-order valence-corrected chi connectivity index (χ0v) is 7.48. The van der Waals surface area contributed by atoms with Crippen molar-refractivity contribution in [3.05, 3.63) is 0 Å². The van der Waals surface area contributed by atoms with Crippen molar-refractivity contribution in [2.24, 2.45) is 0 Å². The standard InChI is InChI=1S/C8H20N2/c1-4-6-7-8-9-10(3)5-2/h9H,4-8H2,1-3H3. The molecule has 0 atom stereocenters. The second-order valence-corrected chi connectivity index (χ2v) is 2.63. The van der Waals surface area contributed by atoms with Gasteiger partial charge >= 0.3 is 0 Å². The molecule has 0 aromatic carbocycles. The summed E-state index contributed by atoms with van der Waals surface area (Å²) in [5.74, 6) is 0. The van der Waals surface area contributed by atoms with E-state index >= 15 is 0 Å². The number of rotatable bonds is 6. The lowest BCUT2D eigenvalue weighted by Gasteiger charge is -2.14. The highest BCUT2D eigenvalue weighted by Crippen LogP contribution is 1.90. The van der Waals surface area contributed by atoms with Crippen LogP contribution in [0.25, 0.3) is 0 Å². The highest BCUT2D eigenvalue weighted by molar-refractivity contribution is 4.43. The Bertz CT molecular complexity index is 64.3. The molecule has 0 saturated heterocycles. The minimum absolute atomic E-state index is 1.08. The van der Waals surface area contributed by atoms with Gasteiger partial charge in [-0.3, -0.25) is 5.43 Å². The molecule has 0 aliphatic rings. The lowest BCUT2D eigenvalue weighted by molar-refractivity contribution is 0.245. The zero-order chi connectivity index (χ0) is 7.82. The molecule has 0 bridgehead atoms. The van der Waals surface area contributed by atoms with Crippen molar-refractivity contribution in [2.75, 3.05) is 20.1 Å². The van der Waals surface area contributed by atoms with Crippen LogP contribution in [0, 0.1) is 0 Å². The summed E-state index contributed by atoms with van der Waals surface area (Å²) >= 11 is 0. The van der Waals surface area contributed by atoms with E-state index in [0.29, 0.717) is 0 Å². The third-order valence-corrected chi connectivity index (χ3v) is 1.64. The van der Waals surface area contributed by atoms with Crippen LogP contribution in [0.5, 0.6) is 0 Å². The fourth-order valence-corrected chi connectivity index (χ4v) is 0.757. The van der Waals surface area contributed by atoms with Gasteiger partial charge in [-0.2, -0.15) is 0 Å². The summed E-state index contributed by atoms with van der Waals surface area (Å²) in [6, 6.07) is 0. The van der Waals surface area contributed by atoms with E-state index in [9.17, 15) is 0 Å². The summed E-state index contributed by atoms with van der Waals surface area (Å²) in [5.41, 5.74) is 3.30. The van der Waals surface area contributed by atoms with Crippen molar-refractivity contribution in [2.45, 2.75) is 33.1 Å². The van der Waals surface area contributed by atoms with E-state index < -0.39 is 0 Å². The minimum Gasteiger partial charge on any atom is -0.255 e. The Morgan fingerprint density at radius 2 is 1.90 bits per heavy atom. The number of hydrogen-bond donors (Lipinski definition) is 1. The predicted molar refractivity (Wildman–Crippen MR) is 45.8 cm³/mol. The van der Waals surface area contributed by atoms with Crippen LogP contribution in [-0.2, 0) is 0 Å². The molecule has 0 aliphatic heterocycles. The molecule has 0 aromatic heterocycles. The number of hydrogen-bond acceptors (Lipinski definition) is 2. The van der Waals surface area contributed by atoms with Gasteiger partial charge in [-0.05, 0) is 6.42 Å². The second kappa shape index (κ2) is 7.03. The first-order chi connectivity index (χ1) is 4.81. The van der Waals surface area contributed by atoms with Gasteiger partial charge in [0.15, 0.2) is 0 Å². The second-order valence-electron chi connectivity index (χ2n) is 2.63. The number of hydrazine groups is 1. The van der Waals surface area contributed by atoms with Gasteiger partial charge in [-0.1, -0.05) is 26.7 Å². The van der Waals surface area contributed by atoms with Crippen LogP contribution in [0.1, 0.15) is 33.1 Å². The third kappa shape index (κ3) is 6.05. The van der Waals surface area contributed by atoms with Crippen molar-refractivity contribution in [3.63, 3.8) is 0 Å². The Kier molecular flexibility index (Phi) is 6.98. The molecule has 0 aromatic rings. The maximum absolute atomic E-state index is 3.30. The van der Waals surface area contributed by atoms with E-state index in [1.54, 1.807) is 0 Å². The van der Waals surface area contributed by atoms with Crippen LogP contribution < -0.4 is 5.43 Å². The summed E-state index contributed by atoms with van der Waals surface area (Å²) in [4.78, 5) is 0. The monoisotopic (exact) mass is 144 g/mol. The maximum atomic E-state index is 3.30. The van der Waals surface area contributed by atoms with Gasteiger partial charge in [0.1, 0.15) is 0 Å². The lowest BCUT2D eigenvalue weighted by Crippen LogP contribution is -2.34. The van der Waals surface area contributed by atoms with Crippen LogP contribution in [-0.4, -0.2) is 25.1 Å². The van der Waals surface area contributed by atoms with Crippen LogP contribution in [0.15, 0.2) is 0 Å². The van der Waals surface area contributed by atoms with Crippen molar-refractivity contribution in [3.8, 4) is 0 Å². The normalized spacial score (nSPS) is 10.8. The van der Waals surface area contributed by atoms with E-state index in [-0.39, 0.29) is 0 Å². The molecule has 1 N–H and O–H groups in total. The van der Waals surface area contributed by atoms with Gasteiger partial charge in [-0.15, -0.1) is 0 Å². The van der Waals surface area contributed by atoms with E-state index in [0.717, 1.165) is 13.1 Å². The molecular weight excluding hydrogens is 124 g/mol. The van der Waals surface area contributed by atoms with Crippen LogP contribution >= 0.6 is 0 Å². The first-order valence-electron chi connectivity index (χ1n) is 4.25. The molecular formula is C8H20N2. The molecule has 2 heteroatoms. The van der Waals surface area contributed by atoms with Crippen LogP contribution in [0.3, 0.4) is 0 Å². The zero-order valence-electron chi connectivity index (χ0n) is 7.48. The first kappa shape index (κ1) is 9.92. The summed E-state index contributed by atoms with van der Waals surface area (Å²) in [7, 11) is 2.08. The number of nitrogens with zero attached hydrogens (tertiary/aromatic N) is 1. The molecule has 0 unspecified atom stereocenters. The molecule has 0 heterocycles.